The van der Waals surface area contributed by atoms with Gasteiger partial charge in [-0.15, -0.1) is 0 Å². The summed E-state index contributed by atoms with van der Waals surface area (Å²) < 4.78 is 0. The van der Waals surface area contributed by atoms with E-state index in [1.165, 1.54) is 5.01 Å². The molecule has 0 unspecified atom stereocenters. The maximum absolute atomic E-state index is 11.2. The lowest BCUT2D eigenvalue weighted by Crippen LogP contribution is -2.27. The van der Waals surface area contributed by atoms with Gasteiger partial charge >= 0.3 is 5.97 Å². The van der Waals surface area contributed by atoms with E-state index in [0.29, 0.717) is 5.69 Å². The number of aromatic carboxylic acids is 1. The highest BCUT2D eigenvalue weighted by Gasteiger charge is 2.15. The molecule has 0 aliphatic heterocycles. The Balaban J connectivity index is 2.50. The molecule has 0 spiro atoms. The molecule has 0 aliphatic carbocycles. The van der Waals surface area contributed by atoms with Gasteiger partial charge in [-0.2, -0.15) is 0 Å². The number of rotatable bonds is 4. The molecule has 98 valence electrons. The molecule has 0 saturated heterocycles. The Bertz CT molecular complexity index is 596. The van der Waals surface area contributed by atoms with E-state index in [1.807, 2.05) is 31.2 Å². The van der Waals surface area contributed by atoms with Crippen molar-refractivity contribution in [2.24, 2.45) is 5.84 Å². The number of nitrogens with zero attached hydrogens (tertiary/aromatic N) is 1. The van der Waals surface area contributed by atoms with Crippen LogP contribution in [0.5, 0.6) is 0 Å². The maximum Gasteiger partial charge on any atom is 0.337 e. The zero-order valence-corrected chi connectivity index (χ0v) is 10.7. The van der Waals surface area contributed by atoms with Crippen LogP contribution in [0.4, 0.5) is 11.4 Å². The Kier molecular flexibility index (Phi) is 3.82. The number of hydrogen-bond donors (Lipinski definition) is 2. The second-order valence-corrected chi connectivity index (χ2v) is 4.17. The highest BCUT2D eigenvalue weighted by Crippen LogP contribution is 2.28. The van der Waals surface area contributed by atoms with E-state index in [1.54, 1.807) is 24.3 Å². The second-order valence-electron chi connectivity index (χ2n) is 4.17. The Morgan fingerprint density at radius 3 is 2.32 bits per heavy atom. The van der Waals surface area contributed by atoms with E-state index in [9.17, 15) is 9.90 Å². The molecule has 0 fully saturated rings. The molecule has 19 heavy (non-hydrogen) atoms. The van der Waals surface area contributed by atoms with Crippen molar-refractivity contribution in [3.63, 3.8) is 0 Å². The third kappa shape index (κ3) is 2.58. The minimum atomic E-state index is -0.986. The maximum atomic E-state index is 11.2. The predicted molar refractivity (Wildman–Crippen MR) is 75.5 cm³/mol. The minimum Gasteiger partial charge on any atom is -0.478 e. The number of hydrazine groups is 1. The summed E-state index contributed by atoms with van der Waals surface area (Å²) in [5.74, 6) is 5.12. The fourth-order valence-corrected chi connectivity index (χ4v) is 2.04. The van der Waals surface area contributed by atoms with E-state index >= 15 is 0 Å². The van der Waals surface area contributed by atoms with Crippen molar-refractivity contribution >= 4 is 17.3 Å². The van der Waals surface area contributed by atoms with Crippen LogP contribution in [0.3, 0.4) is 0 Å². The molecule has 4 heteroatoms. The molecular weight excluding hydrogens is 240 g/mol. The molecule has 2 aromatic rings. The molecule has 2 aromatic carbocycles. The summed E-state index contributed by atoms with van der Waals surface area (Å²) in [6, 6.07) is 14.4. The number of carboxylic acids is 1. The van der Waals surface area contributed by atoms with Gasteiger partial charge in [0, 0.05) is 0 Å². The standard InChI is InChI=1S/C15H16N2O2/c1-2-11-7-3-5-9-13(11)17(16)14-10-6-4-8-12(14)15(18)19/h3-10H,2,16H2,1H3,(H,18,19). The van der Waals surface area contributed by atoms with Crippen LogP contribution < -0.4 is 10.9 Å². The van der Waals surface area contributed by atoms with Crippen LogP contribution >= 0.6 is 0 Å². The number of carboxylic acid groups (broad SMARTS) is 1. The minimum absolute atomic E-state index is 0.191. The van der Waals surface area contributed by atoms with Gasteiger partial charge in [0.1, 0.15) is 0 Å². The third-order valence-electron chi connectivity index (χ3n) is 3.03. The van der Waals surface area contributed by atoms with Crippen LogP contribution in [0.15, 0.2) is 48.5 Å². The molecule has 3 N–H and O–H groups in total. The monoisotopic (exact) mass is 256 g/mol. The molecule has 0 atom stereocenters. The first kappa shape index (κ1) is 13.1. The second kappa shape index (κ2) is 5.54. The summed E-state index contributed by atoms with van der Waals surface area (Å²) >= 11 is 0. The van der Waals surface area contributed by atoms with Crippen molar-refractivity contribution in [3.8, 4) is 0 Å². The van der Waals surface area contributed by atoms with Gasteiger partial charge in [-0.1, -0.05) is 37.3 Å². The zero-order valence-electron chi connectivity index (χ0n) is 10.7. The summed E-state index contributed by atoms with van der Waals surface area (Å²) in [7, 11) is 0. The van der Waals surface area contributed by atoms with E-state index < -0.39 is 5.97 Å². The highest BCUT2D eigenvalue weighted by molar-refractivity contribution is 5.95. The van der Waals surface area contributed by atoms with Crippen molar-refractivity contribution in [2.45, 2.75) is 13.3 Å². The van der Waals surface area contributed by atoms with Crippen LogP contribution in [0.1, 0.15) is 22.8 Å². The van der Waals surface area contributed by atoms with Crippen LogP contribution in [0, 0.1) is 0 Å². The lowest BCUT2D eigenvalue weighted by molar-refractivity contribution is 0.0697. The summed E-state index contributed by atoms with van der Waals surface area (Å²) in [6.07, 6.45) is 0.832. The number of carbonyl (C=O) groups is 1. The fraction of sp³-hybridized carbons (Fsp3) is 0.133. The van der Waals surface area contributed by atoms with Crippen molar-refractivity contribution in [1.29, 1.82) is 0 Å². The van der Waals surface area contributed by atoms with Crippen molar-refractivity contribution in [3.05, 3.63) is 59.7 Å². The van der Waals surface area contributed by atoms with Crippen LogP contribution in [0.2, 0.25) is 0 Å². The number of nitrogens with two attached hydrogens (primary N) is 1. The van der Waals surface area contributed by atoms with Gasteiger partial charge in [0.05, 0.1) is 16.9 Å². The lowest BCUT2D eigenvalue weighted by atomic mass is 10.1. The Labute approximate surface area is 112 Å². The average molecular weight is 256 g/mol. The Hall–Kier alpha value is -2.33. The first-order valence-corrected chi connectivity index (χ1v) is 6.10. The van der Waals surface area contributed by atoms with Gasteiger partial charge in [0.2, 0.25) is 0 Å². The number of hydrogen-bond acceptors (Lipinski definition) is 3. The normalized spacial score (nSPS) is 10.2. The topological polar surface area (TPSA) is 66.6 Å². The van der Waals surface area contributed by atoms with E-state index in [2.05, 4.69) is 0 Å². The third-order valence-corrected chi connectivity index (χ3v) is 3.03. The molecule has 0 bridgehead atoms. The van der Waals surface area contributed by atoms with Crippen molar-refractivity contribution < 1.29 is 9.90 Å². The van der Waals surface area contributed by atoms with Crippen LogP contribution in [-0.4, -0.2) is 11.1 Å². The quantitative estimate of drug-likeness (QED) is 0.652. The molecule has 0 amide bonds. The van der Waals surface area contributed by atoms with Crippen LogP contribution in [-0.2, 0) is 6.42 Å². The van der Waals surface area contributed by atoms with E-state index in [0.717, 1.165) is 17.7 Å². The predicted octanol–water partition coefficient (Wildman–Crippen LogP) is 2.96. The van der Waals surface area contributed by atoms with Gasteiger partial charge < -0.3 is 5.11 Å². The number of benzene rings is 2. The number of aryl methyl sites for hydroxylation is 1. The SMILES string of the molecule is CCc1ccccc1N(N)c1ccccc1C(=O)O. The van der Waals surface area contributed by atoms with Crippen molar-refractivity contribution in [2.75, 3.05) is 5.01 Å². The fourth-order valence-electron chi connectivity index (χ4n) is 2.04. The first-order chi connectivity index (χ1) is 9.15. The van der Waals surface area contributed by atoms with Gasteiger partial charge in [0.25, 0.3) is 0 Å². The van der Waals surface area contributed by atoms with Gasteiger partial charge in [0.15, 0.2) is 0 Å². The highest BCUT2D eigenvalue weighted by atomic mass is 16.4. The smallest absolute Gasteiger partial charge is 0.337 e. The molecule has 0 aliphatic rings. The number of anilines is 2. The molecule has 0 saturated carbocycles. The van der Waals surface area contributed by atoms with Gasteiger partial charge in [-0.05, 0) is 30.2 Å². The molecule has 0 heterocycles. The number of para-hydroxylation sites is 2. The van der Waals surface area contributed by atoms with Gasteiger partial charge in [-0.3, -0.25) is 5.01 Å². The Morgan fingerprint density at radius 2 is 1.68 bits per heavy atom. The largest absolute Gasteiger partial charge is 0.478 e. The zero-order chi connectivity index (χ0) is 13.8. The molecular formula is C15H16N2O2. The Morgan fingerprint density at radius 1 is 1.11 bits per heavy atom. The molecule has 0 radical (unpaired) electrons. The van der Waals surface area contributed by atoms with Crippen molar-refractivity contribution in [1.82, 2.24) is 0 Å². The van der Waals surface area contributed by atoms with E-state index in [-0.39, 0.29) is 5.56 Å². The summed E-state index contributed by atoms with van der Waals surface area (Å²) in [5.41, 5.74) is 2.57. The summed E-state index contributed by atoms with van der Waals surface area (Å²) in [6.45, 7) is 2.04. The average Bonchev–Trinajstić information content (AvgIpc) is 2.46. The van der Waals surface area contributed by atoms with E-state index in [4.69, 9.17) is 5.84 Å². The first-order valence-electron chi connectivity index (χ1n) is 6.10. The van der Waals surface area contributed by atoms with Gasteiger partial charge in [-0.25, -0.2) is 10.6 Å². The lowest BCUT2D eigenvalue weighted by Gasteiger charge is -2.23. The van der Waals surface area contributed by atoms with Crippen LogP contribution in [0.25, 0.3) is 0 Å². The summed E-state index contributed by atoms with van der Waals surface area (Å²) in [4.78, 5) is 11.2. The summed E-state index contributed by atoms with van der Waals surface area (Å²) in [5, 5.41) is 10.6. The molecule has 0 aromatic heterocycles. The molecule has 4 nitrogen and oxygen atoms in total. The molecule has 2 rings (SSSR count).